The normalized spacial score (nSPS) is 11.5. The molecule has 10 heteroatoms. The van der Waals surface area contributed by atoms with E-state index in [1.807, 2.05) is 0 Å². The smallest absolute Gasteiger partial charge is 0.434 e. The van der Waals surface area contributed by atoms with Crippen LogP contribution in [0.25, 0.3) is 11.3 Å². The minimum absolute atomic E-state index is 0.0128. The van der Waals surface area contributed by atoms with Crippen molar-refractivity contribution < 1.29 is 22.7 Å². The number of aromatic nitrogens is 4. The van der Waals surface area contributed by atoms with Gasteiger partial charge >= 0.3 is 12.2 Å². The summed E-state index contributed by atoms with van der Waals surface area (Å²) < 4.78 is 45.0. The van der Waals surface area contributed by atoms with Crippen molar-refractivity contribution in [1.82, 2.24) is 19.5 Å². The third kappa shape index (κ3) is 2.64. The largest absolute Gasteiger partial charge is 0.467 e. The molecule has 112 valence electrons. The van der Waals surface area contributed by atoms with Crippen molar-refractivity contribution in [2.75, 3.05) is 7.11 Å². The van der Waals surface area contributed by atoms with Gasteiger partial charge in [0.2, 0.25) is 0 Å². The van der Waals surface area contributed by atoms with Crippen LogP contribution in [0.15, 0.2) is 12.4 Å². The van der Waals surface area contributed by atoms with Gasteiger partial charge in [0.05, 0.1) is 19.0 Å². The Labute approximate surface area is 116 Å². The molecular formula is C11H10F3N5O2. The second kappa shape index (κ2) is 5.04. The van der Waals surface area contributed by atoms with Gasteiger partial charge in [0, 0.05) is 18.8 Å². The Bertz CT molecular complexity index is 696. The Morgan fingerprint density at radius 3 is 2.48 bits per heavy atom. The van der Waals surface area contributed by atoms with Gasteiger partial charge in [-0.15, -0.1) is 0 Å². The zero-order valence-electron chi connectivity index (χ0n) is 11.0. The van der Waals surface area contributed by atoms with Crippen LogP contribution in [0, 0.1) is 0 Å². The number of carbonyl (C=O) groups is 1. The second-order valence-electron chi connectivity index (χ2n) is 4.01. The number of alkyl halides is 3. The van der Waals surface area contributed by atoms with Crippen LogP contribution in [-0.2, 0) is 13.2 Å². The van der Waals surface area contributed by atoms with Crippen molar-refractivity contribution >= 4 is 5.91 Å². The second-order valence-corrected chi connectivity index (χ2v) is 4.01. The Morgan fingerprint density at radius 2 is 2.00 bits per heavy atom. The van der Waals surface area contributed by atoms with E-state index >= 15 is 0 Å². The molecule has 0 aliphatic heterocycles. The predicted octanol–water partition coefficient (Wildman–Crippen LogP) is 1.00. The van der Waals surface area contributed by atoms with E-state index in [1.165, 1.54) is 7.05 Å². The molecule has 0 bridgehead atoms. The lowest BCUT2D eigenvalue weighted by Gasteiger charge is -2.12. The number of nitrogens with zero attached hydrogens (tertiary/aromatic N) is 4. The molecule has 0 atom stereocenters. The maximum atomic E-state index is 13.1. The lowest BCUT2D eigenvalue weighted by Crippen LogP contribution is -2.17. The number of hydrogen-bond acceptors (Lipinski definition) is 5. The number of nitrogens with two attached hydrogens (primary N) is 1. The first-order valence-corrected chi connectivity index (χ1v) is 5.55. The predicted molar refractivity (Wildman–Crippen MR) is 64.3 cm³/mol. The van der Waals surface area contributed by atoms with E-state index in [0.717, 1.165) is 24.1 Å². The molecule has 0 aliphatic rings. The van der Waals surface area contributed by atoms with Crippen LogP contribution in [-0.4, -0.2) is 32.5 Å². The Morgan fingerprint density at radius 1 is 1.33 bits per heavy atom. The molecule has 7 nitrogen and oxygen atoms in total. The lowest BCUT2D eigenvalue weighted by atomic mass is 10.1. The van der Waals surface area contributed by atoms with Crippen molar-refractivity contribution in [3.8, 4) is 17.3 Å². The fourth-order valence-corrected chi connectivity index (χ4v) is 1.76. The van der Waals surface area contributed by atoms with Crippen LogP contribution < -0.4 is 10.5 Å². The highest BCUT2D eigenvalue weighted by Crippen LogP contribution is 2.36. The van der Waals surface area contributed by atoms with E-state index in [2.05, 4.69) is 19.7 Å². The molecule has 0 spiro atoms. The zero-order chi connectivity index (χ0) is 15.8. The Balaban J connectivity index is 2.67. The number of halogens is 3. The molecule has 0 fully saturated rings. The molecule has 2 aromatic rings. The van der Waals surface area contributed by atoms with Gasteiger partial charge in [0.15, 0.2) is 11.5 Å². The first-order chi connectivity index (χ1) is 9.75. The summed E-state index contributed by atoms with van der Waals surface area (Å²) in [6, 6.07) is -0.414. The van der Waals surface area contributed by atoms with Crippen LogP contribution in [0.1, 0.15) is 16.3 Å². The molecule has 2 rings (SSSR count). The van der Waals surface area contributed by atoms with Gasteiger partial charge in [-0.1, -0.05) is 0 Å². The number of primary amides is 1. The van der Waals surface area contributed by atoms with Crippen LogP contribution in [0.5, 0.6) is 6.01 Å². The van der Waals surface area contributed by atoms with Crippen molar-refractivity contribution in [2.24, 2.45) is 12.8 Å². The summed E-state index contributed by atoms with van der Waals surface area (Å²) in [5.41, 5.74) is 3.58. The number of imidazole rings is 1. The maximum absolute atomic E-state index is 13.1. The fraction of sp³-hybridized carbons (Fsp3) is 0.273. The molecule has 0 aromatic carbocycles. The van der Waals surface area contributed by atoms with Crippen molar-refractivity contribution in [3.63, 3.8) is 0 Å². The number of rotatable bonds is 3. The molecule has 2 aromatic heterocycles. The highest BCUT2D eigenvalue weighted by Gasteiger charge is 2.37. The van der Waals surface area contributed by atoms with E-state index in [0.29, 0.717) is 0 Å². The van der Waals surface area contributed by atoms with Crippen LogP contribution in [0.3, 0.4) is 0 Å². The highest BCUT2D eigenvalue weighted by molar-refractivity contribution is 5.90. The van der Waals surface area contributed by atoms with Crippen LogP contribution in [0.4, 0.5) is 13.2 Å². The third-order valence-electron chi connectivity index (χ3n) is 2.70. The molecule has 0 unspecified atom stereocenters. The lowest BCUT2D eigenvalue weighted by molar-refractivity contribution is -0.141. The van der Waals surface area contributed by atoms with Crippen molar-refractivity contribution in [2.45, 2.75) is 6.18 Å². The fourth-order valence-electron chi connectivity index (χ4n) is 1.76. The van der Waals surface area contributed by atoms with Crippen LogP contribution in [0.2, 0.25) is 0 Å². The Hall–Kier alpha value is -2.65. The van der Waals surface area contributed by atoms with Gasteiger partial charge in [0.1, 0.15) is 0 Å². The summed E-state index contributed by atoms with van der Waals surface area (Å²) in [6.07, 6.45) is -2.67. The number of methoxy groups -OCH3 is 1. The molecule has 1 amide bonds. The first kappa shape index (κ1) is 14.8. The summed E-state index contributed by atoms with van der Waals surface area (Å²) >= 11 is 0. The number of amides is 1. The molecule has 2 heterocycles. The monoisotopic (exact) mass is 301 g/mol. The summed E-state index contributed by atoms with van der Waals surface area (Å²) in [7, 11) is 2.53. The number of hydrogen-bond donors (Lipinski definition) is 1. The molecule has 0 saturated carbocycles. The van der Waals surface area contributed by atoms with Gasteiger partial charge in [-0.25, -0.2) is 9.97 Å². The summed E-state index contributed by atoms with van der Waals surface area (Å²) in [5.74, 6) is -1.03. The topological polar surface area (TPSA) is 95.9 Å². The average molecular weight is 301 g/mol. The molecule has 0 radical (unpaired) electrons. The van der Waals surface area contributed by atoms with E-state index < -0.39 is 23.8 Å². The third-order valence-corrected chi connectivity index (χ3v) is 2.70. The van der Waals surface area contributed by atoms with Gasteiger partial charge in [0.25, 0.3) is 5.91 Å². The Kier molecular flexibility index (Phi) is 3.54. The van der Waals surface area contributed by atoms with Crippen molar-refractivity contribution in [3.05, 3.63) is 23.9 Å². The van der Waals surface area contributed by atoms with Crippen molar-refractivity contribution in [1.29, 1.82) is 0 Å². The van der Waals surface area contributed by atoms with Gasteiger partial charge in [-0.3, -0.25) is 4.79 Å². The number of ether oxygens (including phenoxy) is 1. The van der Waals surface area contributed by atoms with E-state index in [1.54, 1.807) is 0 Å². The van der Waals surface area contributed by atoms with E-state index in [9.17, 15) is 18.0 Å². The summed E-state index contributed by atoms with van der Waals surface area (Å²) in [6.45, 7) is 0. The molecule has 0 saturated heterocycles. The van der Waals surface area contributed by atoms with Gasteiger partial charge < -0.3 is 15.0 Å². The summed E-state index contributed by atoms with van der Waals surface area (Å²) in [4.78, 5) is 21.8. The average Bonchev–Trinajstić information content (AvgIpc) is 2.79. The summed E-state index contributed by atoms with van der Waals surface area (Å²) in [5, 5.41) is 0. The van der Waals surface area contributed by atoms with Crippen LogP contribution >= 0.6 is 0 Å². The van der Waals surface area contributed by atoms with E-state index in [-0.39, 0.29) is 17.1 Å². The molecule has 2 N–H and O–H groups in total. The van der Waals surface area contributed by atoms with Gasteiger partial charge in [-0.05, 0) is 0 Å². The van der Waals surface area contributed by atoms with E-state index in [4.69, 9.17) is 5.73 Å². The minimum Gasteiger partial charge on any atom is -0.467 e. The zero-order valence-corrected chi connectivity index (χ0v) is 11.0. The maximum Gasteiger partial charge on any atom is 0.434 e. The first-order valence-electron chi connectivity index (χ1n) is 5.55. The number of carbonyl (C=O) groups excluding carboxylic acids is 1. The molecule has 0 aliphatic carbocycles. The minimum atomic E-state index is -4.72. The molecule has 21 heavy (non-hydrogen) atoms. The molecular weight excluding hydrogens is 291 g/mol. The quantitative estimate of drug-likeness (QED) is 0.912. The standard InChI is InChI=1S/C11H10F3N5O2/c1-19-6(4-16-9(19)8(15)20)5-3-17-10(21-2)18-7(5)11(12,13)14/h3-4H,1-2H3,(H2,15,20). The van der Waals surface area contributed by atoms with Gasteiger partial charge in [-0.2, -0.15) is 18.2 Å². The SMILES string of the molecule is COc1ncc(-c2cnc(C(N)=O)n2C)c(C(F)(F)F)n1. The highest BCUT2D eigenvalue weighted by atomic mass is 19.4.